The number of rotatable bonds is 4. The Morgan fingerprint density at radius 1 is 1.37 bits per heavy atom. The van der Waals surface area contributed by atoms with Crippen molar-refractivity contribution in [2.45, 2.75) is 25.7 Å². The van der Waals surface area contributed by atoms with Crippen molar-refractivity contribution in [2.75, 3.05) is 19.0 Å². The topological polar surface area (TPSA) is 64.6 Å². The standard InChI is InChI=1S/C14H17NO4/c1-18-14(17)7-6-13(16)15-11-4-5-12-10(9-11)3-2-8-19-12/h4-5,9H,2-3,6-8H2,1H3,(H,15,16). The molecule has 5 nitrogen and oxygen atoms in total. The predicted octanol–water partition coefficient (Wildman–Crippen LogP) is 1.90. The molecular formula is C14H17NO4. The molecule has 1 heterocycles. The number of carbonyl (C=O) groups is 2. The summed E-state index contributed by atoms with van der Waals surface area (Å²) in [6, 6.07) is 5.59. The summed E-state index contributed by atoms with van der Waals surface area (Å²) in [5, 5.41) is 2.77. The molecule has 0 saturated heterocycles. The maximum Gasteiger partial charge on any atom is 0.306 e. The van der Waals surface area contributed by atoms with Crippen LogP contribution < -0.4 is 10.1 Å². The fraction of sp³-hybridized carbons (Fsp3) is 0.429. The summed E-state index contributed by atoms with van der Waals surface area (Å²) in [7, 11) is 1.31. The molecule has 5 heteroatoms. The molecule has 0 spiro atoms. The summed E-state index contributed by atoms with van der Waals surface area (Å²) in [5.74, 6) is 0.315. The third-order valence-corrected chi connectivity index (χ3v) is 2.98. The molecule has 0 aliphatic carbocycles. The molecule has 0 bridgehead atoms. The van der Waals surface area contributed by atoms with Gasteiger partial charge in [0, 0.05) is 12.1 Å². The van der Waals surface area contributed by atoms with Gasteiger partial charge in [-0.15, -0.1) is 0 Å². The number of anilines is 1. The van der Waals surface area contributed by atoms with Gasteiger partial charge in [0.05, 0.1) is 20.1 Å². The Hall–Kier alpha value is -2.04. The van der Waals surface area contributed by atoms with Crippen molar-refractivity contribution in [3.63, 3.8) is 0 Å². The highest BCUT2D eigenvalue weighted by atomic mass is 16.5. The molecule has 0 atom stereocenters. The van der Waals surface area contributed by atoms with Crippen LogP contribution in [0.5, 0.6) is 5.75 Å². The molecular weight excluding hydrogens is 246 g/mol. The lowest BCUT2D eigenvalue weighted by molar-refractivity contribution is -0.141. The maximum absolute atomic E-state index is 11.7. The highest BCUT2D eigenvalue weighted by Crippen LogP contribution is 2.27. The maximum atomic E-state index is 11.7. The first-order valence-corrected chi connectivity index (χ1v) is 6.31. The number of hydrogen-bond acceptors (Lipinski definition) is 4. The fourth-order valence-corrected chi connectivity index (χ4v) is 1.98. The number of esters is 1. The summed E-state index contributed by atoms with van der Waals surface area (Å²) in [4.78, 5) is 22.6. The molecule has 102 valence electrons. The predicted molar refractivity (Wildman–Crippen MR) is 70.1 cm³/mol. The zero-order valence-corrected chi connectivity index (χ0v) is 10.9. The van der Waals surface area contributed by atoms with Crippen LogP contribution in [0.15, 0.2) is 18.2 Å². The van der Waals surface area contributed by atoms with E-state index in [1.54, 1.807) is 6.07 Å². The number of benzene rings is 1. The Balaban J connectivity index is 1.92. The van der Waals surface area contributed by atoms with Crippen molar-refractivity contribution in [2.24, 2.45) is 0 Å². The molecule has 0 radical (unpaired) electrons. The van der Waals surface area contributed by atoms with Crippen LogP contribution in [0.1, 0.15) is 24.8 Å². The van der Waals surface area contributed by atoms with Crippen LogP contribution in [0.25, 0.3) is 0 Å². The van der Waals surface area contributed by atoms with Gasteiger partial charge in [-0.3, -0.25) is 9.59 Å². The Morgan fingerprint density at radius 3 is 3.00 bits per heavy atom. The van der Waals surface area contributed by atoms with Gasteiger partial charge in [0.15, 0.2) is 0 Å². The van der Waals surface area contributed by atoms with Gasteiger partial charge in [-0.2, -0.15) is 0 Å². The zero-order chi connectivity index (χ0) is 13.7. The van der Waals surface area contributed by atoms with Crippen LogP contribution in [0, 0.1) is 0 Å². The van der Waals surface area contributed by atoms with Gasteiger partial charge in [-0.25, -0.2) is 0 Å². The molecule has 1 aromatic carbocycles. The van der Waals surface area contributed by atoms with E-state index < -0.39 is 0 Å². The number of carbonyl (C=O) groups excluding carboxylic acids is 2. The van der Waals surface area contributed by atoms with Gasteiger partial charge < -0.3 is 14.8 Å². The highest BCUT2D eigenvalue weighted by Gasteiger charge is 2.12. The quantitative estimate of drug-likeness (QED) is 0.843. The van der Waals surface area contributed by atoms with Crippen LogP contribution in [-0.4, -0.2) is 25.6 Å². The summed E-state index contributed by atoms with van der Waals surface area (Å²) in [6.45, 7) is 0.748. The van der Waals surface area contributed by atoms with Gasteiger partial charge >= 0.3 is 5.97 Å². The Kier molecular flexibility index (Phi) is 4.39. The number of methoxy groups -OCH3 is 1. The lowest BCUT2D eigenvalue weighted by Crippen LogP contribution is -2.15. The molecule has 1 amide bonds. The number of ether oxygens (including phenoxy) is 2. The number of amides is 1. The first-order valence-electron chi connectivity index (χ1n) is 6.31. The SMILES string of the molecule is COC(=O)CCC(=O)Nc1ccc2c(c1)CCCO2. The van der Waals surface area contributed by atoms with E-state index in [0.29, 0.717) is 0 Å². The van der Waals surface area contributed by atoms with Gasteiger partial charge in [-0.05, 0) is 36.6 Å². The molecule has 1 aliphatic heterocycles. The minimum Gasteiger partial charge on any atom is -0.493 e. The van der Waals surface area contributed by atoms with Crippen molar-refractivity contribution >= 4 is 17.6 Å². The third-order valence-electron chi connectivity index (χ3n) is 2.98. The van der Waals surface area contributed by atoms with E-state index in [4.69, 9.17) is 4.74 Å². The van der Waals surface area contributed by atoms with E-state index in [1.165, 1.54) is 7.11 Å². The molecule has 0 unspecified atom stereocenters. The van der Waals surface area contributed by atoms with Crippen molar-refractivity contribution in [3.05, 3.63) is 23.8 Å². The van der Waals surface area contributed by atoms with E-state index >= 15 is 0 Å². The lowest BCUT2D eigenvalue weighted by atomic mass is 10.1. The van der Waals surface area contributed by atoms with Crippen LogP contribution in [0.2, 0.25) is 0 Å². The fourth-order valence-electron chi connectivity index (χ4n) is 1.98. The first kappa shape index (κ1) is 13.4. The number of nitrogens with one attached hydrogen (secondary N) is 1. The Bertz CT molecular complexity index is 484. The van der Waals surface area contributed by atoms with E-state index in [0.717, 1.165) is 36.4 Å². The molecule has 0 fully saturated rings. The molecule has 2 rings (SSSR count). The average molecular weight is 263 g/mol. The van der Waals surface area contributed by atoms with Crippen molar-refractivity contribution in [1.82, 2.24) is 0 Å². The smallest absolute Gasteiger partial charge is 0.306 e. The molecule has 1 aromatic rings. The molecule has 1 aliphatic rings. The second-order valence-electron chi connectivity index (χ2n) is 4.40. The van der Waals surface area contributed by atoms with Crippen LogP contribution in [0.4, 0.5) is 5.69 Å². The van der Waals surface area contributed by atoms with Crippen LogP contribution in [-0.2, 0) is 20.7 Å². The van der Waals surface area contributed by atoms with Gasteiger partial charge in [0.2, 0.25) is 5.91 Å². The summed E-state index contributed by atoms with van der Waals surface area (Å²) < 4.78 is 9.99. The van der Waals surface area contributed by atoms with E-state index in [9.17, 15) is 9.59 Å². The summed E-state index contributed by atoms with van der Waals surface area (Å²) >= 11 is 0. The van der Waals surface area contributed by atoms with Crippen molar-refractivity contribution in [3.8, 4) is 5.75 Å². The second-order valence-corrected chi connectivity index (χ2v) is 4.40. The number of fused-ring (bicyclic) bond motifs is 1. The lowest BCUT2D eigenvalue weighted by Gasteiger charge is -2.18. The summed E-state index contributed by atoms with van der Waals surface area (Å²) in [5.41, 5.74) is 1.84. The molecule has 0 aromatic heterocycles. The van der Waals surface area contributed by atoms with Crippen molar-refractivity contribution < 1.29 is 19.1 Å². The highest BCUT2D eigenvalue weighted by molar-refractivity contribution is 5.92. The van der Waals surface area contributed by atoms with E-state index in [2.05, 4.69) is 10.1 Å². The van der Waals surface area contributed by atoms with Crippen LogP contribution in [0.3, 0.4) is 0 Å². The normalized spacial score (nSPS) is 13.1. The van der Waals surface area contributed by atoms with E-state index in [1.807, 2.05) is 12.1 Å². The second kappa shape index (κ2) is 6.22. The average Bonchev–Trinajstić information content (AvgIpc) is 2.44. The Morgan fingerprint density at radius 2 is 2.21 bits per heavy atom. The zero-order valence-electron chi connectivity index (χ0n) is 10.9. The van der Waals surface area contributed by atoms with Gasteiger partial charge in [0.25, 0.3) is 0 Å². The third kappa shape index (κ3) is 3.71. The van der Waals surface area contributed by atoms with E-state index in [-0.39, 0.29) is 24.7 Å². The first-order chi connectivity index (χ1) is 9.19. The summed E-state index contributed by atoms with van der Waals surface area (Å²) in [6.07, 6.45) is 2.17. The molecule has 19 heavy (non-hydrogen) atoms. The molecule has 0 saturated carbocycles. The van der Waals surface area contributed by atoms with Crippen molar-refractivity contribution in [1.29, 1.82) is 0 Å². The van der Waals surface area contributed by atoms with Gasteiger partial charge in [0.1, 0.15) is 5.75 Å². The number of hydrogen-bond donors (Lipinski definition) is 1. The minimum absolute atomic E-state index is 0.0936. The van der Waals surface area contributed by atoms with Crippen LogP contribution >= 0.6 is 0 Å². The molecule has 1 N–H and O–H groups in total. The monoisotopic (exact) mass is 263 g/mol. The minimum atomic E-state index is -0.381. The number of aryl methyl sites for hydroxylation is 1. The van der Waals surface area contributed by atoms with Gasteiger partial charge in [-0.1, -0.05) is 0 Å². The largest absolute Gasteiger partial charge is 0.493 e. The Labute approximate surface area is 111 Å².